The van der Waals surface area contributed by atoms with E-state index in [-0.39, 0.29) is 12.2 Å². The molecular formula is C17H10ClFN2O. The van der Waals surface area contributed by atoms with E-state index in [1.165, 1.54) is 18.2 Å². The first-order valence-corrected chi connectivity index (χ1v) is 6.69. The number of hydrogen-bond donors (Lipinski definition) is 0. The van der Waals surface area contributed by atoms with Gasteiger partial charge in [-0.05, 0) is 35.9 Å². The van der Waals surface area contributed by atoms with Crippen molar-refractivity contribution in [2.45, 2.75) is 6.61 Å². The van der Waals surface area contributed by atoms with Gasteiger partial charge in [-0.3, -0.25) is 0 Å². The van der Waals surface area contributed by atoms with Crippen LogP contribution in [0.15, 0.2) is 48.0 Å². The third-order valence-electron chi connectivity index (χ3n) is 2.88. The number of halogens is 2. The SMILES string of the molecule is N#CC(C#N)=Cc1ccc(OCc2c(F)cccc2Cl)cc1. The van der Waals surface area contributed by atoms with Gasteiger partial charge < -0.3 is 4.74 Å². The number of benzene rings is 2. The van der Waals surface area contributed by atoms with Gasteiger partial charge >= 0.3 is 0 Å². The fourth-order valence-electron chi connectivity index (χ4n) is 1.74. The Labute approximate surface area is 132 Å². The first-order valence-electron chi connectivity index (χ1n) is 6.31. The fourth-order valence-corrected chi connectivity index (χ4v) is 1.96. The molecule has 2 aromatic carbocycles. The summed E-state index contributed by atoms with van der Waals surface area (Å²) in [6, 6.07) is 14.8. The van der Waals surface area contributed by atoms with Gasteiger partial charge in [-0.2, -0.15) is 10.5 Å². The number of rotatable bonds is 4. The van der Waals surface area contributed by atoms with E-state index in [9.17, 15) is 4.39 Å². The number of allylic oxidation sites excluding steroid dienone is 1. The summed E-state index contributed by atoms with van der Waals surface area (Å²) in [6.07, 6.45) is 1.47. The van der Waals surface area contributed by atoms with E-state index in [2.05, 4.69) is 0 Å². The lowest BCUT2D eigenvalue weighted by Gasteiger charge is -2.09. The molecule has 3 nitrogen and oxygen atoms in total. The van der Waals surface area contributed by atoms with Crippen molar-refractivity contribution in [3.8, 4) is 17.9 Å². The van der Waals surface area contributed by atoms with E-state index in [0.717, 1.165) is 0 Å². The van der Waals surface area contributed by atoms with Gasteiger partial charge in [-0.15, -0.1) is 0 Å². The van der Waals surface area contributed by atoms with E-state index >= 15 is 0 Å². The summed E-state index contributed by atoms with van der Waals surface area (Å²) < 4.78 is 19.1. The van der Waals surface area contributed by atoms with Crippen LogP contribution in [0.2, 0.25) is 5.02 Å². The lowest BCUT2D eigenvalue weighted by molar-refractivity contribution is 0.300. The van der Waals surface area contributed by atoms with Crippen molar-refractivity contribution >= 4 is 17.7 Å². The second-order valence-corrected chi connectivity index (χ2v) is 4.75. The highest BCUT2D eigenvalue weighted by Gasteiger charge is 2.07. The summed E-state index contributed by atoms with van der Waals surface area (Å²) in [5.41, 5.74) is 1.02. The summed E-state index contributed by atoms with van der Waals surface area (Å²) in [5.74, 6) is 0.117. The number of nitrogens with zero attached hydrogens (tertiary/aromatic N) is 2. The van der Waals surface area contributed by atoms with E-state index in [1.54, 1.807) is 42.5 Å². The van der Waals surface area contributed by atoms with Crippen molar-refractivity contribution in [2.24, 2.45) is 0 Å². The zero-order valence-electron chi connectivity index (χ0n) is 11.4. The number of hydrogen-bond acceptors (Lipinski definition) is 3. The minimum absolute atomic E-state index is 0.0162. The molecule has 0 heterocycles. The van der Waals surface area contributed by atoms with Gasteiger partial charge in [0.05, 0.1) is 5.02 Å². The average molecular weight is 313 g/mol. The summed E-state index contributed by atoms with van der Waals surface area (Å²) >= 11 is 5.92. The van der Waals surface area contributed by atoms with Gasteiger partial charge in [-0.25, -0.2) is 4.39 Å². The topological polar surface area (TPSA) is 56.8 Å². The van der Waals surface area contributed by atoms with E-state index < -0.39 is 5.82 Å². The second-order valence-electron chi connectivity index (χ2n) is 4.34. The molecule has 0 aliphatic rings. The molecule has 0 spiro atoms. The van der Waals surface area contributed by atoms with Gasteiger partial charge in [0, 0.05) is 5.56 Å². The number of ether oxygens (including phenoxy) is 1. The fraction of sp³-hybridized carbons (Fsp3) is 0.0588. The highest BCUT2D eigenvalue weighted by Crippen LogP contribution is 2.22. The van der Waals surface area contributed by atoms with Crippen LogP contribution in [0.1, 0.15) is 11.1 Å². The minimum Gasteiger partial charge on any atom is -0.489 e. The molecule has 0 bridgehead atoms. The first-order chi connectivity index (χ1) is 10.6. The van der Waals surface area contributed by atoms with E-state index in [1.807, 2.05) is 0 Å². The Morgan fingerprint density at radius 3 is 2.41 bits per heavy atom. The van der Waals surface area contributed by atoms with Gasteiger partial charge in [-0.1, -0.05) is 29.8 Å². The highest BCUT2D eigenvalue weighted by molar-refractivity contribution is 6.31. The van der Waals surface area contributed by atoms with Crippen molar-refractivity contribution in [3.05, 3.63) is 70.0 Å². The molecule has 5 heteroatoms. The molecule has 0 amide bonds. The van der Waals surface area contributed by atoms with Gasteiger partial charge in [0.1, 0.15) is 35.9 Å². The predicted molar refractivity (Wildman–Crippen MR) is 81.4 cm³/mol. The largest absolute Gasteiger partial charge is 0.489 e. The third kappa shape index (κ3) is 3.85. The van der Waals surface area contributed by atoms with Crippen LogP contribution in [0.5, 0.6) is 5.75 Å². The molecule has 108 valence electrons. The predicted octanol–water partition coefficient (Wildman–Crippen LogP) is 4.49. The van der Waals surface area contributed by atoms with E-state index in [0.29, 0.717) is 21.9 Å². The maximum absolute atomic E-state index is 13.6. The molecule has 0 saturated heterocycles. The number of nitriles is 2. The standard InChI is InChI=1S/C17H10ClFN2O/c18-16-2-1-3-17(19)15(16)11-22-14-6-4-12(5-7-14)8-13(9-20)10-21/h1-8H,11H2. The molecule has 2 aromatic rings. The first kappa shape index (κ1) is 15.6. The molecule has 0 aromatic heterocycles. The highest BCUT2D eigenvalue weighted by atomic mass is 35.5. The van der Waals surface area contributed by atoms with Crippen LogP contribution in [0.3, 0.4) is 0 Å². The normalized spacial score (nSPS) is 9.45. The molecule has 0 aliphatic heterocycles. The summed E-state index contributed by atoms with van der Waals surface area (Å²) in [5, 5.41) is 17.7. The van der Waals surface area contributed by atoms with Crippen LogP contribution < -0.4 is 4.74 Å². The Hall–Kier alpha value is -2.82. The van der Waals surface area contributed by atoms with Crippen LogP contribution in [0, 0.1) is 28.5 Å². The molecular weight excluding hydrogens is 303 g/mol. The molecule has 0 radical (unpaired) electrons. The van der Waals surface area contributed by atoms with Crippen LogP contribution >= 0.6 is 11.6 Å². The van der Waals surface area contributed by atoms with Crippen molar-refractivity contribution in [2.75, 3.05) is 0 Å². The van der Waals surface area contributed by atoms with Crippen LogP contribution in [0.4, 0.5) is 4.39 Å². The third-order valence-corrected chi connectivity index (χ3v) is 3.23. The van der Waals surface area contributed by atoms with Gasteiger partial charge in [0.25, 0.3) is 0 Å². The second kappa shape index (κ2) is 7.26. The van der Waals surface area contributed by atoms with Crippen LogP contribution in [0.25, 0.3) is 6.08 Å². The Balaban J connectivity index is 2.08. The summed E-state index contributed by atoms with van der Waals surface area (Å²) in [6.45, 7) is 0.0162. The van der Waals surface area contributed by atoms with Gasteiger partial charge in [0.15, 0.2) is 0 Å². The smallest absolute Gasteiger partial charge is 0.131 e. The lowest BCUT2D eigenvalue weighted by atomic mass is 10.1. The molecule has 0 unspecified atom stereocenters. The molecule has 0 atom stereocenters. The lowest BCUT2D eigenvalue weighted by Crippen LogP contribution is -1.99. The van der Waals surface area contributed by atoms with Crippen molar-refractivity contribution in [1.29, 1.82) is 10.5 Å². The van der Waals surface area contributed by atoms with Crippen molar-refractivity contribution in [3.63, 3.8) is 0 Å². The van der Waals surface area contributed by atoms with Crippen molar-refractivity contribution < 1.29 is 9.13 Å². The molecule has 0 saturated carbocycles. The quantitative estimate of drug-likeness (QED) is 0.782. The Bertz CT molecular complexity index is 750. The van der Waals surface area contributed by atoms with Crippen LogP contribution in [-0.4, -0.2) is 0 Å². The monoisotopic (exact) mass is 312 g/mol. The zero-order valence-corrected chi connectivity index (χ0v) is 12.1. The molecule has 22 heavy (non-hydrogen) atoms. The summed E-state index contributed by atoms with van der Waals surface area (Å²) in [7, 11) is 0. The average Bonchev–Trinajstić information content (AvgIpc) is 2.53. The van der Waals surface area contributed by atoms with E-state index in [4.69, 9.17) is 26.9 Å². The molecule has 0 N–H and O–H groups in total. The van der Waals surface area contributed by atoms with Crippen LogP contribution in [-0.2, 0) is 6.61 Å². The molecule has 0 fully saturated rings. The maximum Gasteiger partial charge on any atom is 0.131 e. The summed E-state index contributed by atoms with van der Waals surface area (Å²) in [4.78, 5) is 0. The zero-order chi connectivity index (χ0) is 15.9. The minimum atomic E-state index is -0.417. The van der Waals surface area contributed by atoms with Crippen molar-refractivity contribution in [1.82, 2.24) is 0 Å². The Kier molecular flexibility index (Phi) is 5.14. The maximum atomic E-state index is 13.6. The Morgan fingerprint density at radius 2 is 1.82 bits per heavy atom. The van der Waals surface area contributed by atoms with Gasteiger partial charge in [0.2, 0.25) is 0 Å². The molecule has 2 rings (SSSR count). The Morgan fingerprint density at radius 1 is 1.14 bits per heavy atom. The molecule has 0 aliphatic carbocycles.